The first kappa shape index (κ1) is 14.4. The van der Waals surface area contributed by atoms with Gasteiger partial charge in [-0.2, -0.15) is 11.8 Å². The number of pyridine rings is 1. The maximum atomic E-state index is 12.5. The predicted molar refractivity (Wildman–Crippen MR) is 87.1 cm³/mol. The third-order valence-corrected chi connectivity index (χ3v) is 5.96. The summed E-state index contributed by atoms with van der Waals surface area (Å²) in [5.41, 5.74) is 0.236. The lowest BCUT2D eigenvalue weighted by atomic mass is 10.2. The van der Waals surface area contributed by atoms with Crippen molar-refractivity contribution < 1.29 is 4.79 Å². The Morgan fingerprint density at radius 1 is 1.33 bits per heavy atom. The number of aromatic nitrogens is 1. The minimum absolute atomic E-state index is 0.0477. The van der Waals surface area contributed by atoms with Crippen molar-refractivity contribution in [2.75, 3.05) is 18.8 Å². The maximum Gasteiger partial charge on any atom is 0.254 e. The van der Waals surface area contributed by atoms with Gasteiger partial charge in [-0.1, -0.05) is 6.07 Å². The van der Waals surface area contributed by atoms with Crippen LogP contribution in [0.3, 0.4) is 0 Å². The number of aromatic amines is 1. The molecule has 2 aromatic heterocycles. The Hall–Kier alpha value is -1.53. The van der Waals surface area contributed by atoms with E-state index in [2.05, 4.69) is 22.5 Å². The van der Waals surface area contributed by atoms with Gasteiger partial charge in [-0.25, -0.2) is 0 Å². The fourth-order valence-corrected chi connectivity index (χ4v) is 4.67. The normalized spacial score (nSPS) is 19.2. The zero-order valence-corrected chi connectivity index (χ0v) is 13.1. The van der Waals surface area contributed by atoms with Crippen LogP contribution in [0, 0.1) is 0 Å². The highest BCUT2D eigenvalue weighted by atomic mass is 32.2. The van der Waals surface area contributed by atoms with E-state index in [4.69, 9.17) is 0 Å². The van der Waals surface area contributed by atoms with Gasteiger partial charge in [-0.3, -0.25) is 9.59 Å². The summed E-state index contributed by atoms with van der Waals surface area (Å²) in [5, 5.41) is 2.57. The molecule has 2 aromatic rings. The first-order valence-electron chi connectivity index (χ1n) is 6.87. The molecule has 0 bridgehead atoms. The van der Waals surface area contributed by atoms with Crippen LogP contribution in [0.15, 0.2) is 40.6 Å². The summed E-state index contributed by atoms with van der Waals surface area (Å²) in [4.78, 5) is 29.6. The lowest BCUT2D eigenvalue weighted by Gasteiger charge is -2.20. The van der Waals surface area contributed by atoms with E-state index in [0.717, 1.165) is 25.3 Å². The summed E-state index contributed by atoms with van der Waals surface area (Å²) in [5.74, 6) is 0.880. The summed E-state index contributed by atoms with van der Waals surface area (Å²) in [7, 11) is 0. The molecular weight excluding hydrogens is 304 g/mol. The second-order valence-corrected chi connectivity index (χ2v) is 7.19. The van der Waals surface area contributed by atoms with Crippen molar-refractivity contribution >= 4 is 29.0 Å². The van der Waals surface area contributed by atoms with Crippen molar-refractivity contribution in [1.29, 1.82) is 0 Å². The molecule has 21 heavy (non-hydrogen) atoms. The van der Waals surface area contributed by atoms with Crippen molar-refractivity contribution in [3.63, 3.8) is 0 Å². The fraction of sp³-hybridized carbons (Fsp3) is 0.333. The van der Waals surface area contributed by atoms with Crippen LogP contribution < -0.4 is 5.56 Å². The fourth-order valence-electron chi connectivity index (χ4n) is 2.44. The second-order valence-electron chi connectivity index (χ2n) is 4.90. The Morgan fingerprint density at radius 2 is 2.24 bits per heavy atom. The quantitative estimate of drug-likeness (QED) is 0.926. The molecule has 1 atom stereocenters. The second kappa shape index (κ2) is 6.49. The number of nitrogens with zero attached hydrogens (tertiary/aromatic N) is 1. The summed E-state index contributed by atoms with van der Waals surface area (Å²) in [6.07, 6.45) is 2.48. The number of carbonyl (C=O) groups is 1. The monoisotopic (exact) mass is 320 g/mol. The van der Waals surface area contributed by atoms with Crippen LogP contribution in [-0.2, 0) is 0 Å². The van der Waals surface area contributed by atoms with Gasteiger partial charge in [0, 0.05) is 46.8 Å². The first-order valence-corrected chi connectivity index (χ1v) is 8.80. The zero-order chi connectivity index (χ0) is 14.7. The minimum atomic E-state index is -0.235. The number of thioether (sulfide) groups is 1. The Labute approximate surface area is 131 Å². The smallest absolute Gasteiger partial charge is 0.254 e. The first-order chi connectivity index (χ1) is 10.2. The molecule has 3 heterocycles. The molecule has 0 aromatic carbocycles. The molecule has 0 spiro atoms. The molecule has 3 rings (SSSR count). The molecule has 1 amide bonds. The van der Waals surface area contributed by atoms with Crippen LogP contribution >= 0.6 is 23.1 Å². The average molecular weight is 320 g/mol. The van der Waals surface area contributed by atoms with Crippen LogP contribution in [0.4, 0.5) is 0 Å². The van der Waals surface area contributed by atoms with Gasteiger partial charge in [0.25, 0.3) is 5.91 Å². The van der Waals surface area contributed by atoms with E-state index in [0.29, 0.717) is 10.8 Å². The molecule has 6 heteroatoms. The number of thiophene rings is 1. The van der Waals surface area contributed by atoms with Gasteiger partial charge in [-0.05, 0) is 23.9 Å². The number of carbonyl (C=O) groups excluding carboxylic acids is 1. The van der Waals surface area contributed by atoms with Gasteiger partial charge in [0.2, 0.25) is 5.56 Å². The number of rotatable bonds is 2. The van der Waals surface area contributed by atoms with E-state index in [-0.39, 0.29) is 11.5 Å². The van der Waals surface area contributed by atoms with Crippen molar-refractivity contribution in [3.8, 4) is 0 Å². The molecule has 0 aliphatic carbocycles. The number of amides is 1. The molecule has 1 N–H and O–H groups in total. The summed E-state index contributed by atoms with van der Waals surface area (Å²) >= 11 is 3.69. The van der Waals surface area contributed by atoms with Crippen LogP contribution in [0.1, 0.15) is 26.9 Å². The molecule has 1 aliphatic heterocycles. The highest BCUT2D eigenvalue weighted by molar-refractivity contribution is 7.99. The Balaban J connectivity index is 1.70. The highest BCUT2D eigenvalue weighted by Gasteiger charge is 2.23. The predicted octanol–water partition coefficient (Wildman–Crippen LogP) is 2.76. The van der Waals surface area contributed by atoms with Gasteiger partial charge in [-0.15, -0.1) is 11.3 Å². The van der Waals surface area contributed by atoms with Gasteiger partial charge in [0.15, 0.2) is 0 Å². The van der Waals surface area contributed by atoms with Gasteiger partial charge >= 0.3 is 0 Å². The van der Waals surface area contributed by atoms with E-state index in [1.807, 2.05) is 16.7 Å². The van der Waals surface area contributed by atoms with Gasteiger partial charge < -0.3 is 9.88 Å². The van der Waals surface area contributed by atoms with Gasteiger partial charge in [0.1, 0.15) is 0 Å². The number of hydrogen-bond donors (Lipinski definition) is 1. The largest absolute Gasteiger partial charge is 0.338 e. The highest BCUT2D eigenvalue weighted by Crippen LogP contribution is 2.36. The Morgan fingerprint density at radius 3 is 3.00 bits per heavy atom. The minimum Gasteiger partial charge on any atom is -0.338 e. The maximum absolute atomic E-state index is 12.5. The standard InChI is InChI=1S/C15H16N2O2S2/c18-14-10-11(3-5-16-14)15(19)17-6-4-13(21-9-7-17)12-2-1-8-20-12/h1-3,5,8,10,13H,4,6-7,9H2,(H,16,18). The Bertz CT molecular complexity index is 666. The number of H-pyrrole nitrogens is 1. The molecule has 0 saturated carbocycles. The molecule has 1 saturated heterocycles. The van der Waals surface area contributed by atoms with E-state index in [1.165, 1.54) is 17.1 Å². The van der Waals surface area contributed by atoms with Crippen molar-refractivity contribution in [2.45, 2.75) is 11.7 Å². The molecular formula is C15H16N2O2S2. The SMILES string of the molecule is O=C(c1cc[nH]c(=O)c1)N1CCSC(c2cccs2)CC1. The molecule has 0 radical (unpaired) electrons. The molecule has 1 fully saturated rings. The number of nitrogens with one attached hydrogen (secondary N) is 1. The third kappa shape index (κ3) is 3.39. The summed E-state index contributed by atoms with van der Waals surface area (Å²) < 4.78 is 0. The molecule has 1 unspecified atom stereocenters. The molecule has 4 nitrogen and oxygen atoms in total. The van der Waals surface area contributed by atoms with E-state index < -0.39 is 0 Å². The summed E-state index contributed by atoms with van der Waals surface area (Å²) in [6.45, 7) is 1.47. The summed E-state index contributed by atoms with van der Waals surface area (Å²) in [6, 6.07) is 7.27. The lowest BCUT2D eigenvalue weighted by molar-refractivity contribution is 0.0766. The number of hydrogen-bond acceptors (Lipinski definition) is 4. The van der Waals surface area contributed by atoms with E-state index >= 15 is 0 Å². The molecule has 1 aliphatic rings. The van der Waals surface area contributed by atoms with Gasteiger partial charge in [0.05, 0.1) is 0 Å². The van der Waals surface area contributed by atoms with Crippen molar-refractivity contribution in [2.24, 2.45) is 0 Å². The van der Waals surface area contributed by atoms with Crippen LogP contribution in [0.2, 0.25) is 0 Å². The van der Waals surface area contributed by atoms with Crippen LogP contribution in [-0.4, -0.2) is 34.6 Å². The van der Waals surface area contributed by atoms with Crippen LogP contribution in [0.25, 0.3) is 0 Å². The zero-order valence-electron chi connectivity index (χ0n) is 11.5. The van der Waals surface area contributed by atoms with E-state index in [1.54, 1.807) is 17.4 Å². The average Bonchev–Trinajstić information content (AvgIpc) is 2.91. The Kier molecular flexibility index (Phi) is 4.45. The lowest BCUT2D eigenvalue weighted by Crippen LogP contribution is -2.33. The van der Waals surface area contributed by atoms with Crippen molar-refractivity contribution in [3.05, 3.63) is 56.6 Å². The van der Waals surface area contributed by atoms with E-state index in [9.17, 15) is 9.59 Å². The third-order valence-electron chi connectivity index (χ3n) is 3.51. The molecule has 110 valence electrons. The van der Waals surface area contributed by atoms with Crippen LogP contribution in [0.5, 0.6) is 0 Å². The topological polar surface area (TPSA) is 53.2 Å². The van der Waals surface area contributed by atoms with Crippen molar-refractivity contribution in [1.82, 2.24) is 9.88 Å².